The van der Waals surface area contributed by atoms with E-state index in [-0.39, 0.29) is 11.3 Å². The minimum Gasteiger partial charge on any atom is -0.375 e. The van der Waals surface area contributed by atoms with Gasteiger partial charge in [-0.15, -0.1) is 0 Å². The zero-order valence-corrected chi connectivity index (χ0v) is 16.8. The number of ketones is 1. The Morgan fingerprint density at radius 2 is 2.00 bits per heavy atom. The van der Waals surface area contributed by atoms with Crippen LogP contribution in [0.25, 0.3) is 0 Å². The van der Waals surface area contributed by atoms with Crippen LogP contribution in [0.2, 0.25) is 0 Å². The number of unbranched alkanes of at least 4 members (excludes halogenated alkanes) is 1. The molecule has 7 nitrogen and oxygen atoms in total. The van der Waals surface area contributed by atoms with Crippen LogP contribution in [-0.2, 0) is 10.4 Å². The molecule has 0 spiro atoms. The highest BCUT2D eigenvalue weighted by molar-refractivity contribution is 9.10. The van der Waals surface area contributed by atoms with E-state index in [0.717, 1.165) is 12.8 Å². The van der Waals surface area contributed by atoms with E-state index in [2.05, 4.69) is 15.9 Å². The summed E-state index contributed by atoms with van der Waals surface area (Å²) in [6, 6.07) is 10.6. The van der Waals surface area contributed by atoms with Crippen molar-refractivity contribution in [2.45, 2.75) is 31.8 Å². The molecule has 1 N–H and O–H groups in total. The van der Waals surface area contributed by atoms with Crippen molar-refractivity contribution in [1.82, 2.24) is 0 Å². The highest BCUT2D eigenvalue weighted by Gasteiger charge is 2.51. The van der Waals surface area contributed by atoms with Crippen molar-refractivity contribution in [3.05, 3.63) is 68.2 Å². The summed E-state index contributed by atoms with van der Waals surface area (Å²) in [6.07, 6.45) is 1.04. The third-order valence-corrected chi connectivity index (χ3v) is 5.34. The summed E-state index contributed by atoms with van der Waals surface area (Å²) in [6.45, 7) is 2.42. The van der Waals surface area contributed by atoms with Crippen LogP contribution in [0, 0.1) is 10.1 Å². The van der Waals surface area contributed by atoms with Crippen LogP contribution in [0.4, 0.5) is 11.4 Å². The van der Waals surface area contributed by atoms with Gasteiger partial charge in [0.1, 0.15) is 0 Å². The Morgan fingerprint density at radius 1 is 1.29 bits per heavy atom. The number of nitro benzene ring substituents is 1. The van der Waals surface area contributed by atoms with Crippen molar-refractivity contribution in [2.24, 2.45) is 0 Å². The number of hydrogen-bond donors (Lipinski definition) is 1. The fourth-order valence-corrected chi connectivity index (χ4v) is 3.79. The third-order valence-electron chi connectivity index (χ3n) is 4.85. The van der Waals surface area contributed by atoms with Crippen molar-refractivity contribution < 1.29 is 19.6 Å². The first-order valence-electron chi connectivity index (χ1n) is 8.90. The lowest BCUT2D eigenvalue weighted by molar-refractivity contribution is -0.385. The molecule has 146 valence electrons. The van der Waals surface area contributed by atoms with E-state index in [9.17, 15) is 24.8 Å². The molecule has 0 fully saturated rings. The molecule has 1 atom stereocenters. The number of carbonyl (C=O) groups excluding carboxylic acids is 2. The molecule has 1 heterocycles. The summed E-state index contributed by atoms with van der Waals surface area (Å²) in [5.74, 6) is -1.24. The minimum absolute atomic E-state index is 0.128. The maximum absolute atomic E-state index is 13.1. The molecule has 1 aliphatic rings. The molecular formula is C20H19BrN2O5. The molecule has 28 heavy (non-hydrogen) atoms. The lowest BCUT2D eigenvalue weighted by Gasteiger charge is -2.22. The molecule has 0 bridgehead atoms. The molecule has 0 saturated heterocycles. The second kappa shape index (κ2) is 7.81. The van der Waals surface area contributed by atoms with Crippen molar-refractivity contribution >= 4 is 39.0 Å². The zero-order chi connectivity index (χ0) is 20.5. The number of hydrogen-bond acceptors (Lipinski definition) is 5. The second-order valence-corrected chi connectivity index (χ2v) is 7.62. The number of nitrogens with zero attached hydrogens (tertiary/aromatic N) is 2. The van der Waals surface area contributed by atoms with Crippen LogP contribution < -0.4 is 4.90 Å². The van der Waals surface area contributed by atoms with Gasteiger partial charge >= 0.3 is 0 Å². The van der Waals surface area contributed by atoms with Gasteiger partial charge in [-0.2, -0.15) is 0 Å². The second-order valence-electron chi connectivity index (χ2n) is 6.71. The predicted molar refractivity (Wildman–Crippen MR) is 107 cm³/mol. The van der Waals surface area contributed by atoms with Gasteiger partial charge in [0.05, 0.1) is 22.6 Å². The van der Waals surface area contributed by atoms with Gasteiger partial charge in [0.2, 0.25) is 0 Å². The first-order chi connectivity index (χ1) is 13.3. The predicted octanol–water partition coefficient (Wildman–Crippen LogP) is 3.96. The summed E-state index contributed by atoms with van der Waals surface area (Å²) >= 11 is 3.34. The van der Waals surface area contributed by atoms with Crippen LogP contribution in [0.1, 0.15) is 42.1 Å². The number of anilines is 1. The van der Waals surface area contributed by atoms with Crippen molar-refractivity contribution in [2.75, 3.05) is 11.4 Å². The number of para-hydroxylation sites is 1. The number of aliphatic hydroxyl groups is 1. The Balaban J connectivity index is 2.01. The molecule has 2 aromatic carbocycles. The number of benzene rings is 2. The highest BCUT2D eigenvalue weighted by Crippen LogP contribution is 2.44. The Hall–Kier alpha value is -2.58. The summed E-state index contributed by atoms with van der Waals surface area (Å²) in [5, 5.41) is 22.5. The van der Waals surface area contributed by atoms with E-state index in [0.29, 0.717) is 22.3 Å². The van der Waals surface area contributed by atoms with Crippen LogP contribution in [-0.4, -0.2) is 28.3 Å². The maximum Gasteiger partial charge on any atom is 0.280 e. The smallest absolute Gasteiger partial charge is 0.280 e. The number of rotatable bonds is 7. The van der Waals surface area contributed by atoms with Gasteiger partial charge in [-0.25, -0.2) is 0 Å². The van der Waals surface area contributed by atoms with Crippen molar-refractivity contribution in [3.63, 3.8) is 0 Å². The molecule has 0 radical (unpaired) electrons. The number of fused-ring (bicyclic) bond motifs is 1. The van der Waals surface area contributed by atoms with Crippen LogP contribution in [0.3, 0.4) is 0 Å². The average molecular weight is 447 g/mol. The van der Waals surface area contributed by atoms with Gasteiger partial charge < -0.3 is 10.0 Å². The molecule has 0 saturated carbocycles. The zero-order valence-electron chi connectivity index (χ0n) is 15.2. The normalized spacial score (nSPS) is 18.2. The standard InChI is InChI=1S/C20H19BrN2O5/c1-2-3-10-22-17-9-8-13(21)11-15(17)20(26,19(22)25)12-18(24)14-6-4-5-7-16(14)23(27)28/h4-9,11,26H,2-3,10,12H2,1H3. The van der Waals surface area contributed by atoms with Gasteiger partial charge in [0, 0.05) is 22.6 Å². The summed E-state index contributed by atoms with van der Waals surface area (Å²) in [4.78, 5) is 38.0. The van der Waals surface area contributed by atoms with Crippen molar-refractivity contribution in [3.8, 4) is 0 Å². The van der Waals surface area contributed by atoms with Crippen LogP contribution in [0.5, 0.6) is 0 Å². The molecule has 8 heteroatoms. The number of nitro groups is 1. The molecule has 1 aliphatic heterocycles. The SMILES string of the molecule is CCCCN1C(=O)C(O)(CC(=O)c2ccccc2[N+](=O)[O-])c2cc(Br)ccc21. The molecule has 0 aliphatic carbocycles. The minimum atomic E-state index is -2.06. The molecule has 1 unspecified atom stereocenters. The largest absolute Gasteiger partial charge is 0.375 e. The summed E-state index contributed by atoms with van der Waals surface area (Å²) in [7, 11) is 0. The molecule has 2 aromatic rings. The van der Waals surface area contributed by atoms with Crippen LogP contribution in [0.15, 0.2) is 46.9 Å². The quantitative estimate of drug-likeness (QED) is 0.393. The molecule has 3 rings (SSSR count). The van der Waals surface area contributed by atoms with Crippen molar-refractivity contribution in [1.29, 1.82) is 0 Å². The van der Waals surface area contributed by atoms with Crippen LogP contribution >= 0.6 is 15.9 Å². The van der Waals surface area contributed by atoms with Gasteiger partial charge in [0.25, 0.3) is 11.6 Å². The first-order valence-corrected chi connectivity index (χ1v) is 9.70. The fourth-order valence-electron chi connectivity index (χ4n) is 3.43. The van der Waals surface area contributed by atoms with Gasteiger partial charge in [-0.1, -0.05) is 41.4 Å². The Kier molecular flexibility index (Phi) is 5.62. The lowest BCUT2D eigenvalue weighted by Crippen LogP contribution is -2.42. The third kappa shape index (κ3) is 3.45. The van der Waals surface area contributed by atoms with Gasteiger partial charge in [-0.05, 0) is 30.7 Å². The summed E-state index contributed by atoms with van der Waals surface area (Å²) in [5.41, 5.74) is -1.65. The Morgan fingerprint density at radius 3 is 2.68 bits per heavy atom. The number of halogens is 1. The number of carbonyl (C=O) groups is 2. The molecular weight excluding hydrogens is 428 g/mol. The summed E-state index contributed by atoms with van der Waals surface area (Å²) < 4.78 is 0.660. The fraction of sp³-hybridized carbons (Fsp3) is 0.300. The van der Waals surface area contributed by atoms with E-state index in [1.165, 1.54) is 29.2 Å². The number of Topliss-reactive ketones (excluding diaryl/α,β-unsaturated/α-hetero) is 1. The van der Waals surface area contributed by atoms with Gasteiger partial charge in [0.15, 0.2) is 11.4 Å². The Labute approximate surface area is 170 Å². The van der Waals surface area contributed by atoms with E-state index in [1.54, 1.807) is 18.2 Å². The van der Waals surface area contributed by atoms with E-state index in [4.69, 9.17) is 0 Å². The van der Waals surface area contributed by atoms with E-state index in [1.807, 2.05) is 6.92 Å². The van der Waals surface area contributed by atoms with E-state index < -0.39 is 28.6 Å². The first kappa shape index (κ1) is 20.2. The van der Waals surface area contributed by atoms with Gasteiger partial charge in [-0.3, -0.25) is 19.7 Å². The number of amides is 1. The monoisotopic (exact) mass is 446 g/mol. The molecule has 0 aromatic heterocycles. The van der Waals surface area contributed by atoms with E-state index >= 15 is 0 Å². The molecule has 1 amide bonds. The topological polar surface area (TPSA) is 101 Å². The maximum atomic E-state index is 13.1. The Bertz CT molecular complexity index is 961. The lowest BCUT2D eigenvalue weighted by atomic mass is 9.88. The highest BCUT2D eigenvalue weighted by atomic mass is 79.9. The average Bonchev–Trinajstić information content (AvgIpc) is 2.87.